The Bertz CT molecular complexity index is 1020. The maximum absolute atomic E-state index is 14.0. The van der Waals surface area contributed by atoms with Gasteiger partial charge in [-0.05, 0) is 55.7 Å². The van der Waals surface area contributed by atoms with E-state index in [1.807, 2.05) is 6.07 Å². The lowest BCUT2D eigenvalue weighted by molar-refractivity contribution is -0.138. The van der Waals surface area contributed by atoms with Gasteiger partial charge in [-0.1, -0.05) is 73.5 Å². The highest BCUT2D eigenvalue weighted by atomic mass is 16.2. The van der Waals surface area contributed by atoms with Crippen molar-refractivity contribution in [2.24, 2.45) is 11.7 Å². The summed E-state index contributed by atoms with van der Waals surface area (Å²) in [5, 5.41) is 2.99. The molecule has 36 heavy (non-hydrogen) atoms. The van der Waals surface area contributed by atoms with E-state index in [0.717, 1.165) is 51.7 Å². The van der Waals surface area contributed by atoms with E-state index in [1.165, 1.54) is 11.1 Å². The highest BCUT2D eigenvalue weighted by Crippen LogP contribution is 2.37. The van der Waals surface area contributed by atoms with Crippen molar-refractivity contribution in [1.82, 2.24) is 15.1 Å². The SMILES string of the molecule is CC(N)C(=O)N[C@@H](CC1CC1)C(=O)N1C[C@@H](c2ccccc2)C[C@H]1CN1CC[C@@H](c2ccccc2)C1. The Morgan fingerprint density at radius 3 is 2.19 bits per heavy atom. The van der Waals surface area contributed by atoms with E-state index in [9.17, 15) is 9.59 Å². The first-order valence-corrected chi connectivity index (χ1v) is 13.7. The molecule has 3 N–H and O–H groups in total. The zero-order valence-electron chi connectivity index (χ0n) is 21.4. The number of nitrogens with zero attached hydrogens (tertiary/aromatic N) is 2. The van der Waals surface area contributed by atoms with Crippen molar-refractivity contribution in [3.05, 3.63) is 71.8 Å². The molecule has 3 fully saturated rings. The molecule has 2 aromatic rings. The van der Waals surface area contributed by atoms with Crippen molar-refractivity contribution in [2.75, 3.05) is 26.2 Å². The third-order valence-electron chi connectivity index (χ3n) is 8.27. The molecule has 1 aliphatic carbocycles. The number of likely N-dealkylation sites (tertiary alicyclic amines) is 2. The molecule has 0 spiro atoms. The summed E-state index contributed by atoms with van der Waals surface area (Å²) in [4.78, 5) is 31.1. The van der Waals surface area contributed by atoms with E-state index in [2.05, 4.69) is 69.7 Å². The first kappa shape index (κ1) is 25.0. The van der Waals surface area contributed by atoms with Gasteiger partial charge in [0.25, 0.3) is 0 Å². The van der Waals surface area contributed by atoms with E-state index < -0.39 is 12.1 Å². The fourth-order valence-corrected chi connectivity index (χ4v) is 6.03. The van der Waals surface area contributed by atoms with E-state index in [4.69, 9.17) is 5.73 Å². The predicted molar refractivity (Wildman–Crippen MR) is 142 cm³/mol. The van der Waals surface area contributed by atoms with Gasteiger partial charge in [0.1, 0.15) is 6.04 Å². The van der Waals surface area contributed by atoms with Gasteiger partial charge < -0.3 is 20.9 Å². The monoisotopic (exact) mass is 488 g/mol. The highest BCUT2D eigenvalue weighted by Gasteiger charge is 2.42. The van der Waals surface area contributed by atoms with E-state index in [1.54, 1.807) is 6.92 Å². The van der Waals surface area contributed by atoms with Gasteiger partial charge in [-0.15, -0.1) is 0 Å². The third-order valence-corrected chi connectivity index (χ3v) is 8.27. The van der Waals surface area contributed by atoms with Gasteiger partial charge in [-0.25, -0.2) is 0 Å². The number of benzene rings is 2. The Kier molecular flexibility index (Phi) is 7.73. The van der Waals surface area contributed by atoms with Crippen molar-refractivity contribution in [3.63, 3.8) is 0 Å². The topological polar surface area (TPSA) is 78.7 Å². The normalized spacial score (nSPS) is 26.1. The minimum atomic E-state index is -0.620. The van der Waals surface area contributed by atoms with Gasteiger partial charge in [0.05, 0.1) is 6.04 Å². The van der Waals surface area contributed by atoms with Crippen LogP contribution in [0.1, 0.15) is 62.0 Å². The Hall–Kier alpha value is -2.70. The average Bonchev–Trinajstić information content (AvgIpc) is 3.43. The van der Waals surface area contributed by atoms with E-state index in [-0.39, 0.29) is 17.9 Å². The number of hydrogen-bond donors (Lipinski definition) is 2. The summed E-state index contributed by atoms with van der Waals surface area (Å²) < 4.78 is 0. The molecular formula is C30H40N4O2. The average molecular weight is 489 g/mol. The van der Waals surface area contributed by atoms with Crippen LogP contribution >= 0.6 is 0 Å². The summed E-state index contributed by atoms with van der Waals surface area (Å²) in [5.41, 5.74) is 8.53. The van der Waals surface area contributed by atoms with Crippen LogP contribution in [0.15, 0.2) is 60.7 Å². The van der Waals surface area contributed by atoms with Gasteiger partial charge in [0, 0.05) is 31.6 Å². The summed E-state index contributed by atoms with van der Waals surface area (Å²) in [6, 6.07) is 20.4. The molecule has 192 valence electrons. The molecule has 0 radical (unpaired) electrons. The second kappa shape index (κ2) is 11.1. The number of rotatable bonds is 9. The maximum atomic E-state index is 14.0. The maximum Gasteiger partial charge on any atom is 0.245 e. The lowest BCUT2D eigenvalue weighted by Gasteiger charge is -2.32. The largest absolute Gasteiger partial charge is 0.343 e. The zero-order chi connectivity index (χ0) is 25.1. The first-order valence-electron chi connectivity index (χ1n) is 13.7. The Morgan fingerprint density at radius 2 is 1.58 bits per heavy atom. The Morgan fingerprint density at radius 1 is 0.944 bits per heavy atom. The molecule has 2 saturated heterocycles. The van der Waals surface area contributed by atoms with Gasteiger partial charge in [-0.2, -0.15) is 0 Å². The third kappa shape index (κ3) is 5.98. The molecule has 5 rings (SSSR count). The number of carbonyl (C=O) groups excluding carboxylic acids is 2. The van der Waals surface area contributed by atoms with Crippen LogP contribution < -0.4 is 11.1 Å². The van der Waals surface area contributed by atoms with Gasteiger partial charge in [0.2, 0.25) is 11.8 Å². The van der Waals surface area contributed by atoms with Gasteiger partial charge in [-0.3, -0.25) is 9.59 Å². The number of nitrogens with one attached hydrogen (secondary N) is 1. The molecule has 2 heterocycles. The lowest BCUT2D eigenvalue weighted by atomic mass is 9.96. The summed E-state index contributed by atoms with van der Waals surface area (Å²) in [5.74, 6) is 1.23. The second-order valence-corrected chi connectivity index (χ2v) is 11.2. The van der Waals surface area contributed by atoms with Gasteiger partial charge >= 0.3 is 0 Å². The van der Waals surface area contributed by atoms with Crippen LogP contribution in [0.25, 0.3) is 0 Å². The van der Waals surface area contributed by atoms with Crippen LogP contribution in [0.3, 0.4) is 0 Å². The summed E-state index contributed by atoms with van der Waals surface area (Å²) in [7, 11) is 0. The zero-order valence-corrected chi connectivity index (χ0v) is 21.4. The summed E-state index contributed by atoms with van der Waals surface area (Å²) in [6.07, 6.45) is 5.11. The molecule has 1 saturated carbocycles. The Labute approximate surface area is 215 Å². The van der Waals surface area contributed by atoms with Crippen molar-refractivity contribution < 1.29 is 9.59 Å². The van der Waals surface area contributed by atoms with Crippen LogP contribution in [0.2, 0.25) is 0 Å². The minimum absolute atomic E-state index is 0.0677. The molecule has 0 aromatic heterocycles. The number of hydrogen-bond acceptors (Lipinski definition) is 4. The minimum Gasteiger partial charge on any atom is -0.343 e. The van der Waals surface area contributed by atoms with E-state index >= 15 is 0 Å². The molecule has 0 bridgehead atoms. The molecular weight excluding hydrogens is 448 g/mol. The summed E-state index contributed by atoms with van der Waals surface area (Å²) in [6.45, 7) is 5.36. The lowest BCUT2D eigenvalue weighted by Crippen LogP contribution is -2.54. The van der Waals surface area contributed by atoms with Crippen LogP contribution in [0.5, 0.6) is 0 Å². The molecule has 2 aromatic carbocycles. The summed E-state index contributed by atoms with van der Waals surface area (Å²) >= 11 is 0. The molecule has 2 aliphatic heterocycles. The van der Waals surface area contributed by atoms with E-state index in [0.29, 0.717) is 24.3 Å². The molecule has 5 atom stereocenters. The molecule has 2 amide bonds. The van der Waals surface area contributed by atoms with Gasteiger partial charge in [0.15, 0.2) is 0 Å². The van der Waals surface area contributed by atoms with Crippen LogP contribution in [0.4, 0.5) is 0 Å². The standard InChI is InChI=1S/C30H40N4O2/c1-21(31)29(35)32-28(16-22-12-13-22)30(36)34-19-26(24-10-6-3-7-11-24)17-27(34)20-33-15-14-25(18-33)23-8-4-2-5-9-23/h2-11,21-22,25-28H,12-20,31H2,1H3,(H,32,35)/t21?,25-,26+,27+,28+/m1/s1. The fraction of sp³-hybridized carbons (Fsp3) is 0.533. The van der Waals surface area contributed by atoms with Crippen molar-refractivity contribution in [1.29, 1.82) is 0 Å². The second-order valence-electron chi connectivity index (χ2n) is 11.2. The molecule has 6 heteroatoms. The van der Waals surface area contributed by atoms with Crippen LogP contribution in [0, 0.1) is 5.92 Å². The van der Waals surface area contributed by atoms with Crippen molar-refractivity contribution in [3.8, 4) is 0 Å². The first-order chi connectivity index (χ1) is 17.5. The van der Waals surface area contributed by atoms with Crippen LogP contribution in [-0.2, 0) is 9.59 Å². The van der Waals surface area contributed by atoms with Crippen LogP contribution in [-0.4, -0.2) is 65.9 Å². The number of amides is 2. The quantitative estimate of drug-likeness (QED) is 0.566. The molecule has 6 nitrogen and oxygen atoms in total. The molecule has 3 aliphatic rings. The fourth-order valence-electron chi connectivity index (χ4n) is 6.03. The number of nitrogens with two attached hydrogens (primary N) is 1. The highest BCUT2D eigenvalue weighted by molar-refractivity contribution is 5.90. The number of carbonyl (C=O) groups is 2. The molecule has 1 unspecified atom stereocenters. The van der Waals surface area contributed by atoms with Crippen molar-refractivity contribution >= 4 is 11.8 Å². The predicted octanol–water partition coefficient (Wildman–Crippen LogP) is 3.49. The smallest absolute Gasteiger partial charge is 0.245 e. The van der Waals surface area contributed by atoms with Crippen molar-refractivity contribution in [2.45, 2.75) is 69.0 Å². The Balaban J connectivity index is 1.32.